The van der Waals surface area contributed by atoms with E-state index in [4.69, 9.17) is 5.26 Å². The first-order valence-electron chi connectivity index (χ1n) is 5.72. The largest absolute Gasteiger partial charge is 0.322 e. The third kappa shape index (κ3) is 3.06. The third-order valence-electron chi connectivity index (χ3n) is 2.59. The highest BCUT2D eigenvalue weighted by Crippen LogP contribution is 2.17. The number of hydrogen-bond donors (Lipinski definition) is 1. The second-order valence-corrected chi connectivity index (χ2v) is 4.36. The van der Waals surface area contributed by atoms with Crippen LogP contribution >= 0.6 is 0 Å². The molecule has 1 unspecified atom stereocenters. The maximum Gasteiger partial charge on any atom is 0.242 e. The summed E-state index contributed by atoms with van der Waals surface area (Å²) in [5.74, 6) is -0.883. The lowest BCUT2D eigenvalue weighted by Gasteiger charge is -2.12. The molecule has 0 aliphatic heterocycles. The number of aryl methyl sites for hydroxylation is 2. The van der Waals surface area contributed by atoms with Gasteiger partial charge in [-0.3, -0.25) is 9.48 Å². The molecule has 0 saturated heterocycles. The number of anilines is 1. The van der Waals surface area contributed by atoms with Crippen LogP contribution in [0.25, 0.3) is 0 Å². The quantitative estimate of drug-likeness (QED) is 0.862. The smallest absolute Gasteiger partial charge is 0.242 e. The van der Waals surface area contributed by atoms with E-state index in [0.29, 0.717) is 5.69 Å². The Bertz CT molecular complexity index is 442. The minimum Gasteiger partial charge on any atom is -0.322 e. The summed E-state index contributed by atoms with van der Waals surface area (Å²) in [6, 6.07) is 2.03. The molecule has 0 radical (unpaired) electrons. The van der Waals surface area contributed by atoms with Crippen LogP contribution in [0.1, 0.15) is 26.5 Å². The Balaban J connectivity index is 2.84. The van der Waals surface area contributed by atoms with E-state index < -0.39 is 5.92 Å². The van der Waals surface area contributed by atoms with Crippen LogP contribution in [0, 0.1) is 23.2 Å². The summed E-state index contributed by atoms with van der Waals surface area (Å²) in [6.07, 6.45) is 2.50. The van der Waals surface area contributed by atoms with E-state index in [1.807, 2.05) is 26.8 Å². The molecule has 0 aliphatic rings. The highest BCUT2D eigenvalue weighted by atomic mass is 16.1. The van der Waals surface area contributed by atoms with Crippen molar-refractivity contribution in [3.63, 3.8) is 0 Å². The maximum atomic E-state index is 11.9. The van der Waals surface area contributed by atoms with Crippen molar-refractivity contribution >= 4 is 11.6 Å². The predicted octanol–water partition coefficient (Wildman–Crippen LogP) is 1.72. The first kappa shape index (κ1) is 13.2. The lowest BCUT2D eigenvalue weighted by atomic mass is 9.96. The molecule has 1 heterocycles. The molecule has 1 amide bonds. The molecule has 0 fully saturated rings. The van der Waals surface area contributed by atoms with Crippen molar-refractivity contribution in [1.82, 2.24) is 9.78 Å². The Kier molecular flexibility index (Phi) is 4.27. The summed E-state index contributed by atoms with van der Waals surface area (Å²) >= 11 is 0. The molecule has 1 aromatic rings. The molecule has 0 aromatic carbocycles. The number of amides is 1. The van der Waals surface area contributed by atoms with E-state index in [1.54, 1.807) is 17.9 Å². The summed E-state index contributed by atoms with van der Waals surface area (Å²) in [5, 5.41) is 15.9. The number of carbonyl (C=O) groups is 1. The summed E-state index contributed by atoms with van der Waals surface area (Å²) in [6.45, 7) is 5.69. The molecule has 0 bridgehead atoms. The van der Waals surface area contributed by atoms with Crippen molar-refractivity contribution in [3.8, 4) is 6.07 Å². The van der Waals surface area contributed by atoms with E-state index in [2.05, 4.69) is 10.4 Å². The normalized spacial score (nSPS) is 12.2. The van der Waals surface area contributed by atoms with Crippen molar-refractivity contribution in [3.05, 3.63) is 11.9 Å². The summed E-state index contributed by atoms with van der Waals surface area (Å²) < 4.78 is 1.66. The van der Waals surface area contributed by atoms with Gasteiger partial charge in [0.1, 0.15) is 5.92 Å². The van der Waals surface area contributed by atoms with Gasteiger partial charge in [-0.15, -0.1) is 0 Å². The molecular formula is C12H18N4O. The fourth-order valence-electron chi connectivity index (χ4n) is 1.62. The van der Waals surface area contributed by atoms with Gasteiger partial charge in [0.2, 0.25) is 5.91 Å². The summed E-state index contributed by atoms with van der Waals surface area (Å²) in [5.41, 5.74) is 1.53. The van der Waals surface area contributed by atoms with Crippen LogP contribution < -0.4 is 5.32 Å². The van der Waals surface area contributed by atoms with Crippen molar-refractivity contribution in [1.29, 1.82) is 5.26 Å². The van der Waals surface area contributed by atoms with Crippen molar-refractivity contribution in [2.24, 2.45) is 18.9 Å². The first-order valence-corrected chi connectivity index (χ1v) is 5.72. The zero-order chi connectivity index (χ0) is 13.0. The average Bonchev–Trinajstić information content (AvgIpc) is 2.59. The molecule has 92 valence electrons. The Morgan fingerprint density at radius 3 is 2.76 bits per heavy atom. The zero-order valence-electron chi connectivity index (χ0n) is 10.7. The number of nitriles is 1. The Morgan fingerprint density at radius 2 is 2.29 bits per heavy atom. The molecule has 1 atom stereocenters. The van der Waals surface area contributed by atoms with Gasteiger partial charge in [0.25, 0.3) is 0 Å². The van der Waals surface area contributed by atoms with Crippen LogP contribution in [-0.4, -0.2) is 15.7 Å². The van der Waals surface area contributed by atoms with Gasteiger partial charge >= 0.3 is 0 Å². The molecule has 17 heavy (non-hydrogen) atoms. The van der Waals surface area contributed by atoms with Crippen molar-refractivity contribution in [2.75, 3.05) is 5.32 Å². The standard InChI is InChI=1S/C12H18N4O/c1-5-10-11(7-16(4)15-10)14-12(17)9(6-13)8(2)3/h7-9H,5H2,1-4H3,(H,14,17). The fourth-order valence-corrected chi connectivity index (χ4v) is 1.62. The number of hydrogen-bond acceptors (Lipinski definition) is 3. The number of aromatic nitrogens is 2. The number of carbonyl (C=O) groups excluding carboxylic acids is 1. The second-order valence-electron chi connectivity index (χ2n) is 4.36. The van der Waals surface area contributed by atoms with Gasteiger partial charge in [-0.05, 0) is 12.3 Å². The van der Waals surface area contributed by atoms with Gasteiger partial charge < -0.3 is 5.32 Å². The fraction of sp³-hybridized carbons (Fsp3) is 0.583. The molecule has 5 heteroatoms. The van der Waals surface area contributed by atoms with Crippen LogP contribution in [0.5, 0.6) is 0 Å². The topological polar surface area (TPSA) is 70.7 Å². The Hall–Kier alpha value is -1.83. The average molecular weight is 234 g/mol. The third-order valence-corrected chi connectivity index (χ3v) is 2.59. The lowest BCUT2D eigenvalue weighted by molar-refractivity contribution is -0.119. The van der Waals surface area contributed by atoms with E-state index in [0.717, 1.165) is 12.1 Å². The predicted molar refractivity (Wildman–Crippen MR) is 65.2 cm³/mol. The van der Waals surface area contributed by atoms with Crippen LogP contribution in [0.4, 0.5) is 5.69 Å². The molecule has 5 nitrogen and oxygen atoms in total. The Labute approximate surface area is 101 Å². The minimum atomic E-state index is -0.625. The van der Waals surface area contributed by atoms with Crippen molar-refractivity contribution in [2.45, 2.75) is 27.2 Å². The van der Waals surface area contributed by atoms with E-state index in [-0.39, 0.29) is 11.8 Å². The minimum absolute atomic E-state index is 0.00162. The van der Waals surface area contributed by atoms with Gasteiger partial charge in [-0.25, -0.2) is 0 Å². The molecular weight excluding hydrogens is 216 g/mol. The van der Waals surface area contributed by atoms with Gasteiger partial charge in [-0.2, -0.15) is 10.4 Å². The first-order chi connectivity index (χ1) is 7.99. The summed E-state index contributed by atoms with van der Waals surface area (Å²) in [7, 11) is 1.80. The lowest BCUT2D eigenvalue weighted by Crippen LogP contribution is -2.25. The van der Waals surface area contributed by atoms with E-state index >= 15 is 0 Å². The molecule has 0 saturated carbocycles. The molecule has 1 N–H and O–H groups in total. The molecule has 1 rings (SSSR count). The van der Waals surface area contributed by atoms with Gasteiger partial charge in [0, 0.05) is 13.2 Å². The highest BCUT2D eigenvalue weighted by molar-refractivity contribution is 5.94. The number of nitrogens with one attached hydrogen (secondary N) is 1. The zero-order valence-corrected chi connectivity index (χ0v) is 10.7. The molecule has 0 spiro atoms. The van der Waals surface area contributed by atoms with Gasteiger partial charge in [0.15, 0.2) is 0 Å². The van der Waals surface area contributed by atoms with Crippen LogP contribution in [0.15, 0.2) is 6.20 Å². The monoisotopic (exact) mass is 234 g/mol. The number of nitrogens with zero attached hydrogens (tertiary/aromatic N) is 3. The van der Waals surface area contributed by atoms with Gasteiger partial charge in [0.05, 0.1) is 17.5 Å². The molecule has 0 aliphatic carbocycles. The SMILES string of the molecule is CCc1nn(C)cc1NC(=O)C(C#N)C(C)C. The Morgan fingerprint density at radius 1 is 1.65 bits per heavy atom. The van der Waals surface area contributed by atoms with Crippen molar-refractivity contribution < 1.29 is 4.79 Å². The highest BCUT2D eigenvalue weighted by Gasteiger charge is 2.22. The van der Waals surface area contributed by atoms with Crippen LogP contribution in [-0.2, 0) is 18.3 Å². The van der Waals surface area contributed by atoms with Gasteiger partial charge in [-0.1, -0.05) is 20.8 Å². The number of rotatable bonds is 4. The summed E-state index contributed by atoms with van der Waals surface area (Å²) in [4.78, 5) is 11.9. The van der Waals surface area contributed by atoms with E-state index in [1.165, 1.54) is 0 Å². The maximum absolute atomic E-state index is 11.9. The second kappa shape index (κ2) is 5.48. The van der Waals surface area contributed by atoms with Crippen LogP contribution in [0.3, 0.4) is 0 Å². The van der Waals surface area contributed by atoms with E-state index in [9.17, 15) is 4.79 Å². The van der Waals surface area contributed by atoms with Crippen LogP contribution in [0.2, 0.25) is 0 Å². The molecule has 1 aromatic heterocycles.